The molecule has 106 valence electrons. The highest BCUT2D eigenvalue weighted by atomic mass is 15.1. The van der Waals surface area contributed by atoms with Gasteiger partial charge in [-0.25, -0.2) is 0 Å². The Kier molecular flexibility index (Phi) is 5.87. The zero-order chi connectivity index (χ0) is 13.5. The summed E-state index contributed by atoms with van der Waals surface area (Å²) in [6, 6.07) is 10.8. The summed E-state index contributed by atoms with van der Waals surface area (Å²) in [7, 11) is 2.23. The normalized spacial score (nSPS) is 19.5. The molecule has 2 nitrogen and oxygen atoms in total. The van der Waals surface area contributed by atoms with E-state index in [1.54, 1.807) is 0 Å². The van der Waals surface area contributed by atoms with E-state index in [4.69, 9.17) is 0 Å². The molecule has 0 radical (unpaired) electrons. The molecule has 1 unspecified atom stereocenters. The molecule has 0 spiro atoms. The maximum atomic E-state index is 3.63. The first kappa shape index (κ1) is 14.5. The second-order valence-electron chi connectivity index (χ2n) is 6.05. The molecule has 1 saturated heterocycles. The molecule has 1 heterocycles. The number of nitrogens with one attached hydrogen (secondary N) is 1. The maximum absolute atomic E-state index is 3.63. The largest absolute Gasteiger partial charge is 0.316 e. The molecule has 2 heteroatoms. The Morgan fingerprint density at radius 2 is 1.89 bits per heavy atom. The molecule has 1 fully saturated rings. The molecule has 1 aromatic rings. The lowest BCUT2D eigenvalue weighted by Gasteiger charge is -2.29. The van der Waals surface area contributed by atoms with Crippen LogP contribution in [0.15, 0.2) is 30.3 Å². The lowest BCUT2D eigenvalue weighted by atomic mass is 9.94. The predicted octanol–water partition coefficient (Wildman–Crippen LogP) is 3.11. The van der Waals surface area contributed by atoms with E-state index >= 15 is 0 Å². The first-order chi connectivity index (χ1) is 9.25. The van der Waals surface area contributed by atoms with Crippen molar-refractivity contribution in [2.24, 2.45) is 5.92 Å². The highest BCUT2D eigenvalue weighted by molar-refractivity contribution is 5.18. The Morgan fingerprint density at radius 1 is 1.21 bits per heavy atom. The number of hydrogen-bond acceptors (Lipinski definition) is 2. The van der Waals surface area contributed by atoms with Crippen molar-refractivity contribution in [2.45, 2.75) is 32.1 Å². The third kappa shape index (κ3) is 4.96. The minimum Gasteiger partial charge on any atom is -0.316 e. The van der Waals surface area contributed by atoms with E-state index in [0.717, 1.165) is 12.5 Å². The number of nitrogens with zero attached hydrogens (tertiary/aromatic N) is 1. The molecule has 2 rings (SSSR count). The molecule has 0 aliphatic carbocycles. The molecule has 1 aromatic carbocycles. The molecular formula is C17H28N2. The van der Waals surface area contributed by atoms with E-state index in [9.17, 15) is 0 Å². The van der Waals surface area contributed by atoms with Crippen LogP contribution in [0.3, 0.4) is 0 Å². The Bertz CT molecular complexity index is 342. The van der Waals surface area contributed by atoms with Crippen LogP contribution in [0, 0.1) is 5.92 Å². The lowest BCUT2D eigenvalue weighted by molar-refractivity contribution is 0.211. The zero-order valence-electron chi connectivity index (χ0n) is 12.4. The number of benzene rings is 1. The first-order valence-corrected chi connectivity index (χ1v) is 7.70. The molecule has 19 heavy (non-hydrogen) atoms. The Balaban J connectivity index is 1.59. The minimum atomic E-state index is 0.610. The van der Waals surface area contributed by atoms with Crippen LogP contribution < -0.4 is 5.32 Å². The number of piperidine rings is 1. The average molecular weight is 260 g/mol. The van der Waals surface area contributed by atoms with Crippen LogP contribution in [-0.4, -0.2) is 38.1 Å². The van der Waals surface area contributed by atoms with Gasteiger partial charge in [-0.1, -0.05) is 37.3 Å². The maximum Gasteiger partial charge on any atom is 0.00174 e. The van der Waals surface area contributed by atoms with Gasteiger partial charge in [0, 0.05) is 6.54 Å². The van der Waals surface area contributed by atoms with Gasteiger partial charge in [-0.3, -0.25) is 0 Å². The van der Waals surface area contributed by atoms with Crippen molar-refractivity contribution in [1.82, 2.24) is 10.2 Å². The molecule has 1 aliphatic heterocycles. The van der Waals surface area contributed by atoms with Crippen molar-refractivity contribution >= 4 is 0 Å². The van der Waals surface area contributed by atoms with Gasteiger partial charge in [-0.05, 0) is 63.3 Å². The summed E-state index contributed by atoms with van der Waals surface area (Å²) < 4.78 is 0. The first-order valence-electron chi connectivity index (χ1n) is 7.70. The van der Waals surface area contributed by atoms with E-state index in [2.05, 4.69) is 54.5 Å². The SMILES string of the molecule is CC(CNCCC1CCN(C)CC1)c1ccccc1. The second-order valence-corrected chi connectivity index (χ2v) is 6.05. The van der Waals surface area contributed by atoms with Crippen LogP contribution >= 0.6 is 0 Å². The van der Waals surface area contributed by atoms with Crippen molar-refractivity contribution in [3.05, 3.63) is 35.9 Å². The fourth-order valence-electron chi connectivity index (χ4n) is 2.87. The van der Waals surface area contributed by atoms with Crippen molar-refractivity contribution in [3.8, 4) is 0 Å². The van der Waals surface area contributed by atoms with Crippen LogP contribution in [0.4, 0.5) is 0 Å². The van der Waals surface area contributed by atoms with Gasteiger partial charge in [0.25, 0.3) is 0 Å². The van der Waals surface area contributed by atoms with E-state index < -0.39 is 0 Å². The fourth-order valence-corrected chi connectivity index (χ4v) is 2.87. The third-order valence-electron chi connectivity index (χ3n) is 4.39. The highest BCUT2D eigenvalue weighted by Gasteiger charge is 2.15. The number of likely N-dealkylation sites (tertiary alicyclic amines) is 1. The highest BCUT2D eigenvalue weighted by Crippen LogP contribution is 2.19. The smallest absolute Gasteiger partial charge is 0.00174 e. The van der Waals surface area contributed by atoms with Crippen LogP contribution in [0.25, 0.3) is 0 Å². The molecule has 1 N–H and O–H groups in total. The Morgan fingerprint density at radius 3 is 2.58 bits per heavy atom. The minimum absolute atomic E-state index is 0.610. The van der Waals surface area contributed by atoms with Gasteiger partial charge in [0.2, 0.25) is 0 Å². The summed E-state index contributed by atoms with van der Waals surface area (Å²) in [6.45, 7) is 7.14. The van der Waals surface area contributed by atoms with E-state index in [0.29, 0.717) is 5.92 Å². The van der Waals surface area contributed by atoms with Gasteiger partial charge >= 0.3 is 0 Å². The molecule has 1 atom stereocenters. The van der Waals surface area contributed by atoms with Gasteiger partial charge in [0.05, 0.1) is 0 Å². The lowest BCUT2D eigenvalue weighted by Crippen LogP contribution is -2.32. The van der Waals surface area contributed by atoms with Gasteiger partial charge < -0.3 is 10.2 Å². The molecule has 0 saturated carbocycles. The summed E-state index contributed by atoms with van der Waals surface area (Å²) in [5.41, 5.74) is 1.44. The number of hydrogen-bond donors (Lipinski definition) is 1. The van der Waals surface area contributed by atoms with Gasteiger partial charge in [0.15, 0.2) is 0 Å². The second kappa shape index (κ2) is 7.66. The quantitative estimate of drug-likeness (QED) is 0.791. The van der Waals surface area contributed by atoms with Gasteiger partial charge in [-0.15, -0.1) is 0 Å². The van der Waals surface area contributed by atoms with Crippen LogP contribution in [-0.2, 0) is 0 Å². The third-order valence-corrected chi connectivity index (χ3v) is 4.39. The van der Waals surface area contributed by atoms with Gasteiger partial charge in [0.1, 0.15) is 0 Å². The zero-order valence-corrected chi connectivity index (χ0v) is 12.4. The van der Waals surface area contributed by atoms with Crippen molar-refractivity contribution in [2.75, 3.05) is 33.2 Å². The van der Waals surface area contributed by atoms with Crippen molar-refractivity contribution < 1.29 is 0 Å². The summed E-state index contributed by atoms with van der Waals surface area (Å²) in [5.74, 6) is 1.55. The van der Waals surface area contributed by atoms with Gasteiger partial charge in [-0.2, -0.15) is 0 Å². The summed E-state index contributed by atoms with van der Waals surface area (Å²) in [5, 5.41) is 3.63. The van der Waals surface area contributed by atoms with Crippen LogP contribution in [0.5, 0.6) is 0 Å². The fraction of sp³-hybridized carbons (Fsp3) is 0.647. The van der Waals surface area contributed by atoms with E-state index in [-0.39, 0.29) is 0 Å². The molecule has 0 amide bonds. The monoisotopic (exact) mass is 260 g/mol. The topological polar surface area (TPSA) is 15.3 Å². The number of rotatable bonds is 6. The Hall–Kier alpha value is -0.860. The summed E-state index contributed by atoms with van der Waals surface area (Å²) in [6.07, 6.45) is 4.11. The molecule has 1 aliphatic rings. The Labute approximate surface area is 118 Å². The molecule has 0 bridgehead atoms. The molecular weight excluding hydrogens is 232 g/mol. The van der Waals surface area contributed by atoms with E-state index in [1.807, 2.05) is 0 Å². The van der Waals surface area contributed by atoms with Crippen molar-refractivity contribution in [3.63, 3.8) is 0 Å². The average Bonchev–Trinajstić information content (AvgIpc) is 2.46. The summed E-state index contributed by atoms with van der Waals surface area (Å²) >= 11 is 0. The van der Waals surface area contributed by atoms with Crippen molar-refractivity contribution in [1.29, 1.82) is 0 Å². The van der Waals surface area contributed by atoms with Crippen LogP contribution in [0.2, 0.25) is 0 Å². The van der Waals surface area contributed by atoms with Crippen LogP contribution in [0.1, 0.15) is 37.7 Å². The summed E-state index contributed by atoms with van der Waals surface area (Å²) in [4.78, 5) is 2.45. The molecule has 0 aromatic heterocycles. The van der Waals surface area contributed by atoms with E-state index in [1.165, 1.54) is 44.5 Å². The predicted molar refractivity (Wildman–Crippen MR) is 82.6 cm³/mol. The standard InChI is InChI=1S/C17H28N2/c1-15(17-6-4-3-5-7-17)14-18-11-8-16-9-12-19(2)13-10-16/h3-7,15-16,18H,8-14H2,1-2H3.